The van der Waals surface area contributed by atoms with Crippen molar-refractivity contribution in [3.8, 4) is 23.2 Å². The van der Waals surface area contributed by atoms with E-state index in [4.69, 9.17) is 19.7 Å². The van der Waals surface area contributed by atoms with E-state index < -0.39 is 17.6 Å². The largest absolute Gasteiger partial charge is 0.473 e. The highest BCUT2D eigenvalue weighted by molar-refractivity contribution is 5.93. The van der Waals surface area contributed by atoms with Gasteiger partial charge in [0, 0.05) is 36.4 Å². The molecule has 234 valence electrons. The molecule has 6 aromatic rings. The number of fused-ring (bicyclic) bond motifs is 1. The van der Waals surface area contributed by atoms with E-state index in [1.165, 1.54) is 25.3 Å². The number of pyridine rings is 1. The molecule has 0 N–H and O–H groups in total. The van der Waals surface area contributed by atoms with Gasteiger partial charge < -0.3 is 14.0 Å². The third-order valence-corrected chi connectivity index (χ3v) is 8.39. The van der Waals surface area contributed by atoms with Gasteiger partial charge in [-0.15, -0.1) is 5.10 Å². The summed E-state index contributed by atoms with van der Waals surface area (Å²) in [6, 6.07) is 21.2. The second-order valence-electron chi connectivity index (χ2n) is 11.4. The zero-order valence-electron chi connectivity index (χ0n) is 25.2. The second kappa shape index (κ2) is 12.1. The van der Waals surface area contributed by atoms with Crippen LogP contribution in [0, 0.1) is 23.0 Å². The Morgan fingerprint density at radius 3 is 2.62 bits per heavy atom. The minimum absolute atomic E-state index is 0.101. The van der Waals surface area contributed by atoms with Gasteiger partial charge in [0.1, 0.15) is 24.1 Å². The third-order valence-electron chi connectivity index (χ3n) is 8.39. The molecule has 47 heavy (non-hydrogen) atoms. The van der Waals surface area contributed by atoms with Crippen LogP contribution in [0.5, 0.6) is 5.88 Å². The predicted octanol–water partition coefficient (Wildman–Crippen LogP) is 5.99. The molecule has 0 amide bonds. The number of carbonyl (C=O) groups excluding carboxylic acids is 1. The molecule has 1 aliphatic carbocycles. The number of nitriles is 1. The lowest BCUT2D eigenvalue weighted by molar-refractivity contribution is 0.0601. The first-order chi connectivity index (χ1) is 22.9. The van der Waals surface area contributed by atoms with Gasteiger partial charge in [-0.3, -0.25) is 0 Å². The molecule has 0 saturated heterocycles. The lowest BCUT2D eigenvalue weighted by Gasteiger charge is -2.19. The Morgan fingerprint density at radius 1 is 1.02 bits per heavy atom. The highest BCUT2D eigenvalue weighted by atomic mass is 19.1. The van der Waals surface area contributed by atoms with E-state index in [0.717, 1.165) is 24.4 Å². The van der Waals surface area contributed by atoms with Crippen LogP contribution < -0.4 is 4.74 Å². The molecule has 0 radical (unpaired) electrons. The minimum Gasteiger partial charge on any atom is -0.473 e. The average molecular weight is 632 g/mol. The Bertz CT molecular complexity index is 2170. The van der Waals surface area contributed by atoms with E-state index in [0.29, 0.717) is 41.1 Å². The van der Waals surface area contributed by atoms with Crippen LogP contribution in [0.15, 0.2) is 85.2 Å². The number of esters is 1. The highest BCUT2D eigenvalue weighted by Gasteiger charge is 2.46. The number of rotatable bonds is 10. The summed E-state index contributed by atoms with van der Waals surface area (Å²) in [6.45, 7) is 0.451. The molecule has 1 saturated carbocycles. The van der Waals surface area contributed by atoms with Crippen LogP contribution >= 0.6 is 0 Å². The van der Waals surface area contributed by atoms with Crippen molar-refractivity contribution in [1.82, 2.24) is 29.5 Å². The highest BCUT2D eigenvalue weighted by Crippen LogP contribution is 2.45. The van der Waals surface area contributed by atoms with Gasteiger partial charge in [-0.05, 0) is 66.9 Å². The molecule has 0 atom stereocenters. The lowest BCUT2D eigenvalue weighted by Crippen LogP contribution is -2.25. The van der Waals surface area contributed by atoms with E-state index in [1.54, 1.807) is 48.7 Å². The molecule has 7 rings (SSSR count). The van der Waals surface area contributed by atoms with E-state index in [9.17, 15) is 9.18 Å². The molecule has 0 unspecified atom stereocenters. The van der Waals surface area contributed by atoms with Crippen LogP contribution in [0.4, 0.5) is 8.78 Å². The van der Waals surface area contributed by atoms with E-state index in [2.05, 4.69) is 19.9 Å². The summed E-state index contributed by atoms with van der Waals surface area (Å²) >= 11 is 0. The maximum absolute atomic E-state index is 15.6. The summed E-state index contributed by atoms with van der Waals surface area (Å²) < 4.78 is 44.5. The van der Waals surface area contributed by atoms with Crippen LogP contribution in [-0.4, -0.2) is 42.6 Å². The number of hydrogen-bond donors (Lipinski definition) is 0. The normalized spacial score (nSPS) is 13.3. The maximum Gasteiger partial charge on any atom is 0.337 e. The number of benzene rings is 3. The molecule has 0 aliphatic heterocycles. The average Bonchev–Trinajstić information content (AvgIpc) is 3.49. The zero-order valence-corrected chi connectivity index (χ0v) is 25.2. The van der Waals surface area contributed by atoms with Crippen molar-refractivity contribution in [3.05, 3.63) is 125 Å². The Labute approximate surface area is 267 Å². The van der Waals surface area contributed by atoms with Crippen molar-refractivity contribution < 1.29 is 23.0 Å². The van der Waals surface area contributed by atoms with Crippen molar-refractivity contribution in [1.29, 1.82) is 5.26 Å². The third kappa shape index (κ3) is 5.91. The summed E-state index contributed by atoms with van der Waals surface area (Å²) in [4.78, 5) is 21.7. The molecule has 1 aliphatic rings. The van der Waals surface area contributed by atoms with Gasteiger partial charge in [-0.2, -0.15) is 5.26 Å². The first-order valence-corrected chi connectivity index (χ1v) is 14.9. The van der Waals surface area contributed by atoms with Crippen molar-refractivity contribution in [2.24, 2.45) is 0 Å². The summed E-state index contributed by atoms with van der Waals surface area (Å²) in [6.07, 6.45) is 5.65. The van der Waals surface area contributed by atoms with Crippen LogP contribution in [0.25, 0.3) is 22.3 Å². The molecule has 1 fully saturated rings. The minimum atomic E-state index is -0.551. The van der Waals surface area contributed by atoms with E-state index in [1.807, 2.05) is 23.0 Å². The number of carbonyl (C=O) groups is 1. The van der Waals surface area contributed by atoms with E-state index >= 15 is 4.39 Å². The van der Waals surface area contributed by atoms with Gasteiger partial charge in [-0.1, -0.05) is 23.4 Å². The number of aromatic nitrogens is 6. The fraction of sp³-hybridized carbons (Fsp3) is 0.200. The van der Waals surface area contributed by atoms with Gasteiger partial charge in [0.05, 0.1) is 52.8 Å². The zero-order chi connectivity index (χ0) is 32.5. The Morgan fingerprint density at radius 2 is 1.89 bits per heavy atom. The molecule has 10 nitrogen and oxygen atoms in total. The fourth-order valence-corrected chi connectivity index (χ4v) is 5.68. The molecular formula is C35H27F2N7O3. The quantitative estimate of drug-likeness (QED) is 0.169. The summed E-state index contributed by atoms with van der Waals surface area (Å²) in [5.74, 6) is -0.548. The summed E-state index contributed by atoms with van der Waals surface area (Å²) in [7, 11) is 1.34. The first-order valence-electron chi connectivity index (χ1n) is 14.9. The molecule has 3 heterocycles. The molecule has 0 bridgehead atoms. The van der Waals surface area contributed by atoms with Crippen molar-refractivity contribution in [2.75, 3.05) is 7.11 Å². The van der Waals surface area contributed by atoms with Gasteiger partial charge in [0.25, 0.3) is 0 Å². The topological polar surface area (TPSA) is 121 Å². The molecule has 3 aromatic heterocycles. The van der Waals surface area contributed by atoms with Crippen molar-refractivity contribution in [2.45, 2.75) is 38.0 Å². The monoisotopic (exact) mass is 631 g/mol. The summed E-state index contributed by atoms with van der Waals surface area (Å²) in [5.41, 5.74) is 3.46. The number of nitrogens with zero attached hydrogens (tertiary/aromatic N) is 7. The number of halogens is 2. The van der Waals surface area contributed by atoms with Crippen LogP contribution in [0.1, 0.15) is 45.7 Å². The molecule has 0 spiro atoms. The predicted molar refractivity (Wildman–Crippen MR) is 166 cm³/mol. The van der Waals surface area contributed by atoms with Crippen LogP contribution in [0.3, 0.4) is 0 Å². The van der Waals surface area contributed by atoms with Gasteiger partial charge in [-0.25, -0.2) is 28.2 Å². The number of methoxy groups -OCH3 is 1. The van der Waals surface area contributed by atoms with Gasteiger partial charge in [0.2, 0.25) is 5.88 Å². The number of hydrogen-bond acceptors (Lipinski definition) is 8. The fourth-order valence-electron chi connectivity index (χ4n) is 5.68. The lowest BCUT2D eigenvalue weighted by atomic mass is 10.1. The number of ether oxygens (including phenoxy) is 2. The molecule has 3 aromatic carbocycles. The smallest absolute Gasteiger partial charge is 0.337 e. The van der Waals surface area contributed by atoms with Crippen LogP contribution in [0.2, 0.25) is 0 Å². The summed E-state index contributed by atoms with van der Waals surface area (Å²) in [5, 5.41) is 17.2. The number of imidazole rings is 1. The van der Waals surface area contributed by atoms with Crippen molar-refractivity contribution >= 4 is 17.0 Å². The first kappa shape index (κ1) is 29.7. The maximum atomic E-state index is 15.6. The molecule has 12 heteroatoms. The standard InChI is InChI=1S/C35H27F2N7O3/c1-46-34(45)24-8-10-30-31(18-24)43(21-35(11-12-35)44-14-13-39-42-44)32(40-30)17-22-6-9-26(28(37)15-22)29-3-2-4-33(41-29)47-20-25-7-5-23(19-38)16-27(25)36/h2-10,13-16,18H,11-12,17,20-21H2,1H3. The second-order valence-corrected chi connectivity index (χ2v) is 11.4. The Kier molecular flexibility index (Phi) is 7.65. The van der Waals surface area contributed by atoms with Crippen LogP contribution in [-0.2, 0) is 29.8 Å². The van der Waals surface area contributed by atoms with Gasteiger partial charge >= 0.3 is 5.97 Å². The Hall–Kier alpha value is -5.96. The van der Waals surface area contributed by atoms with Crippen molar-refractivity contribution in [3.63, 3.8) is 0 Å². The van der Waals surface area contributed by atoms with Gasteiger partial charge in [0.15, 0.2) is 0 Å². The molecular weight excluding hydrogens is 604 g/mol. The SMILES string of the molecule is COC(=O)c1ccc2nc(Cc3ccc(-c4cccc(OCc5ccc(C#N)cc5F)n4)c(F)c3)n(CC3(n4ccnn4)CC3)c2c1. The van der Waals surface area contributed by atoms with E-state index in [-0.39, 0.29) is 34.7 Å². The Balaban J connectivity index is 1.15.